The topological polar surface area (TPSA) is 129 Å². The van der Waals surface area contributed by atoms with Gasteiger partial charge < -0.3 is 31.1 Å². The lowest BCUT2D eigenvalue weighted by Gasteiger charge is -2.44. The molecule has 9 nitrogen and oxygen atoms in total. The van der Waals surface area contributed by atoms with Gasteiger partial charge in [0.15, 0.2) is 0 Å². The van der Waals surface area contributed by atoms with Gasteiger partial charge in [0.2, 0.25) is 11.8 Å². The lowest BCUT2D eigenvalue weighted by atomic mass is 9.60. The number of ether oxygens (including phenoxy) is 1. The highest BCUT2D eigenvalue weighted by Gasteiger charge is 2.50. The van der Waals surface area contributed by atoms with E-state index in [2.05, 4.69) is 53.8 Å². The summed E-state index contributed by atoms with van der Waals surface area (Å²) >= 11 is 1.66. The summed E-state index contributed by atoms with van der Waals surface area (Å²) in [5, 5.41) is 22.3. The fourth-order valence-corrected chi connectivity index (χ4v) is 11.4. The van der Waals surface area contributed by atoms with E-state index >= 15 is 0 Å². The normalized spacial score (nSPS) is 32.3. The number of carbonyl (C=O) groups excluding carboxylic acids is 3. The van der Waals surface area contributed by atoms with Crippen molar-refractivity contribution in [2.75, 3.05) is 19.7 Å². The fraction of sp³-hybridized carbons (Fsp3) is 0.786. The average molecular weight is 741 g/mol. The minimum Gasteiger partial charge on any atom is -0.390 e. The van der Waals surface area contributed by atoms with E-state index in [1.807, 2.05) is 13.8 Å². The summed E-state index contributed by atoms with van der Waals surface area (Å²) in [6, 6.07) is -0.00136. The van der Waals surface area contributed by atoms with Crippen molar-refractivity contribution in [3.63, 3.8) is 0 Å². The Morgan fingerprint density at radius 3 is 2.65 bits per heavy atom. The highest BCUT2D eigenvalue weighted by atomic mass is 32.2. The summed E-state index contributed by atoms with van der Waals surface area (Å²) in [5.41, 5.74) is 4.04. The third-order valence-corrected chi connectivity index (χ3v) is 14.2. The zero-order chi connectivity index (χ0) is 37.3. The molecule has 5 N–H and O–H groups in total. The standard InChI is InChI=1S/C42H68N4O5S/c1-28-14-17-32(25-31(28)16-15-30-12-9-21-42(5)34(18-19-35(30)42)29(2)11-8-20-41(3,4)50)51-24-10-23-43-37(47)13-6-7-22-44-38(48)27-33-26-36-39(52-33)46-40(49)45-36/h15-16,29,32-36,39,50H,1,6-14,17-27H2,2-5H3,(H,43,47)(H,44,48)(H2,45,46,49)/b30-15+,31-16-/t29-,32+,33-,34?,35?,36-,39+,42-/m1/s1. The number of carbonyl (C=O) groups is 3. The van der Waals surface area contributed by atoms with Gasteiger partial charge in [-0.3, -0.25) is 9.59 Å². The maximum Gasteiger partial charge on any atom is 0.316 e. The van der Waals surface area contributed by atoms with E-state index in [0.717, 1.165) is 63.7 Å². The Bertz CT molecular complexity index is 1310. The van der Waals surface area contributed by atoms with Crippen LogP contribution >= 0.6 is 11.8 Å². The maximum atomic E-state index is 12.3. The number of unbranched alkanes of at least 4 members (excludes halogenated alkanes) is 1. The van der Waals surface area contributed by atoms with Crippen LogP contribution in [0, 0.1) is 23.2 Å². The summed E-state index contributed by atoms with van der Waals surface area (Å²) in [6.45, 7) is 15.1. The molecule has 4 amide bonds. The Morgan fingerprint density at radius 1 is 1.08 bits per heavy atom. The Hall–Kier alpha value is -2.30. The summed E-state index contributed by atoms with van der Waals surface area (Å²) < 4.78 is 6.29. The molecule has 0 aromatic carbocycles. The van der Waals surface area contributed by atoms with Crippen LogP contribution in [-0.4, -0.2) is 71.0 Å². The Labute approximate surface area is 317 Å². The first-order chi connectivity index (χ1) is 24.8. The van der Waals surface area contributed by atoms with Crippen LogP contribution in [0.5, 0.6) is 0 Å². The molecule has 5 rings (SSSR count). The molecule has 8 atom stereocenters. The first-order valence-corrected chi connectivity index (χ1v) is 21.4. The van der Waals surface area contributed by atoms with Gasteiger partial charge in [-0.1, -0.05) is 56.6 Å². The number of fused-ring (bicyclic) bond motifs is 2. The molecule has 2 heterocycles. The van der Waals surface area contributed by atoms with Crippen molar-refractivity contribution >= 4 is 29.6 Å². The quantitative estimate of drug-likeness (QED) is 0.0929. The van der Waals surface area contributed by atoms with Crippen LogP contribution in [0.15, 0.2) is 35.5 Å². The molecular weight excluding hydrogens is 673 g/mol. The molecular formula is C42H68N4O5S. The van der Waals surface area contributed by atoms with E-state index in [1.54, 1.807) is 17.3 Å². The molecule has 0 spiro atoms. The minimum atomic E-state index is -0.566. The van der Waals surface area contributed by atoms with E-state index in [-0.39, 0.29) is 40.6 Å². The zero-order valence-electron chi connectivity index (χ0n) is 32.5. The predicted octanol–water partition coefficient (Wildman–Crippen LogP) is 7.45. The van der Waals surface area contributed by atoms with Crippen molar-refractivity contribution in [1.82, 2.24) is 21.3 Å². The second-order valence-corrected chi connectivity index (χ2v) is 18.9. The van der Waals surface area contributed by atoms with Gasteiger partial charge in [0.1, 0.15) is 0 Å². The third kappa shape index (κ3) is 11.6. The van der Waals surface area contributed by atoms with Gasteiger partial charge >= 0.3 is 6.03 Å². The van der Waals surface area contributed by atoms with Crippen molar-refractivity contribution in [3.8, 4) is 0 Å². The van der Waals surface area contributed by atoms with Crippen LogP contribution in [0.4, 0.5) is 4.79 Å². The number of aliphatic hydroxyl groups is 1. The molecule has 0 bridgehead atoms. The van der Waals surface area contributed by atoms with E-state index < -0.39 is 5.60 Å². The first kappa shape index (κ1) is 40.9. The molecule has 5 fully saturated rings. The van der Waals surface area contributed by atoms with Gasteiger partial charge in [0, 0.05) is 37.8 Å². The molecule has 52 heavy (non-hydrogen) atoms. The monoisotopic (exact) mass is 740 g/mol. The average Bonchev–Trinajstić information content (AvgIpc) is 3.73. The summed E-state index contributed by atoms with van der Waals surface area (Å²) in [5.74, 6) is 2.22. The second-order valence-electron chi connectivity index (χ2n) is 17.4. The summed E-state index contributed by atoms with van der Waals surface area (Å²) in [4.78, 5) is 36.0. The van der Waals surface area contributed by atoms with Crippen molar-refractivity contribution in [2.24, 2.45) is 23.2 Å². The van der Waals surface area contributed by atoms with Crippen LogP contribution in [0.3, 0.4) is 0 Å². The van der Waals surface area contributed by atoms with Gasteiger partial charge in [-0.25, -0.2) is 4.79 Å². The minimum absolute atomic E-state index is 0.0330. The SMILES string of the molecule is C=C1CC[C@H](OCCCNC(=O)CCCCNC(=O)C[C@H]2C[C@H]3NC(=O)N[C@H]3S2)C/C1=C/C=C1\CCC[C@@]2(C)C1CCC2[C@H](C)CCCC(C)(C)O. The van der Waals surface area contributed by atoms with Gasteiger partial charge in [-0.05, 0) is 126 Å². The number of rotatable bonds is 18. The number of hydrogen-bond acceptors (Lipinski definition) is 6. The lowest BCUT2D eigenvalue weighted by molar-refractivity contribution is -0.121. The van der Waals surface area contributed by atoms with Crippen LogP contribution in [0.2, 0.25) is 0 Å². The van der Waals surface area contributed by atoms with Crippen molar-refractivity contribution in [1.29, 1.82) is 0 Å². The van der Waals surface area contributed by atoms with Gasteiger partial charge in [0.05, 0.1) is 23.1 Å². The number of hydrogen-bond donors (Lipinski definition) is 5. The molecule has 292 valence electrons. The highest BCUT2D eigenvalue weighted by Crippen LogP contribution is 2.60. The van der Waals surface area contributed by atoms with Crippen LogP contribution in [0.1, 0.15) is 137 Å². The molecule has 0 aromatic heterocycles. The molecule has 2 aliphatic heterocycles. The number of allylic oxidation sites excluding steroid dienone is 4. The highest BCUT2D eigenvalue weighted by molar-refractivity contribution is 8.00. The van der Waals surface area contributed by atoms with E-state index in [4.69, 9.17) is 4.74 Å². The smallest absolute Gasteiger partial charge is 0.316 e. The Balaban J connectivity index is 0.940. The molecule has 2 unspecified atom stereocenters. The van der Waals surface area contributed by atoms with Gasteiger partial charge in [-0.2, -0.15) is 0 Å². The molecule has 3 saturated carbocycles. The number of amides is 4. The van der Waals surface area contributed by atoms with Crippen molar-refractivity contribution in [2.45, 2.75) is 165 Å². The van der Waals surface area contributed by atoms with Gasteiger partial charge in [0.25, 0.3) is 0 Å². The molecule has 0 radical (unpaired) electrons. The zero-order valence-corrected chi connectivity index (χ0v) is 33.4. The molecule has 3 aliphatic carbocycles. The van der Waals surface area contributed by atoms with E-state index in [0.29, 0.717) is 49.8 Å². The van der Waals surface area contributed by atoms with Crippen molar-refractivity contribution in [3.05, 3.63) is 35.5 Å². The number of thioether (sulfide) groups is 1. The fourth-order valence-electron chi connectivity index (χ4n) is 9.86. The summed E-state index contributed by atoms with van der Waals surface area (Å²) in [6.07, 6.45) is 21.6. The first-order valence-electron chi connectivity index (χ1n) is 20.5. The molecule has 5 aliphatic rings. The second kappa shape index (κ2) is 18.8. The largest absolute Gasteiger partial charge is 0.390 e. The van der Waals surface area contributed by atoms with Crippen LogP contribution < -0.4 is 21.3 Å². The number of urea groups is 1. The van der Waals surface area contributed by atoms with Crippen molar-refractivity contribution < 1.29 is 24.2 Å². The Morgan fingerprint density at radius 2 is 1.87 bits per heavy atom. The van der Waals surface area contributed by atoms with Crippen LogP contribution in [-0.2, 0) is 14.3 Å². The lowest BCUT2D eigenvalue weighted by Crippen LogP contribution is -2.36. The number of nitrogens with one attached hydrogen (secondary N) is 4. The van der Waals surface area contributed by atoms with Crippen LogP contribution in [0.25, 0.3) is 0 Å². The predicted molar refractivity (Wildman–Crippen MR) is 211 cm³/mol. The molecule has 2 saturated heterocycles. The molecule has 10 heteroatoms. The Kier molecular flexibility index (Phi) is 14.8. The third-order valence-electron chi connectivity index (χ3n) is 12.7. The maximum absolute atomic E-state index is 12.3. The van der Waals surface area contributed by atoms with E-state index in [9.17, 15) is 19.5 Å². The van der Waals surface area contributed by atoms with Gasteiger partial charge in [-0.15, -0.1) is 11.8 Å². The molecule has 0 aromatic rings. The summed E-state index contributed by atoms with van der Waals surface area (Å²) in [7, 11) is 0. The van der Waals surface area contributed by atoms with E-state index in [1.165, 1.54) is 49.7 Å².